The van der Waals surface area contributed by atoms with E-state index in [1.807, 2.05) is 6.07 Å². The number of carbonyl (C=O) groups is 5. The van der Waals surface area contributed by atoms with Crippen LogP contribution in [0.15, 0.2) is 72.8 Å². The summed E-state index contributed by atoms with van der Waals surface area (Å²) < 4.78 is 5.37. The van der Waals surface area contributed by atoms with Crippen LogP contribution >= 0.6 is 11.6 Å². The number of rotatable bonds is 8. The molecule has 4 amide bonds. The first kappa shape index (κ1) is 31.2. The van der Waals surface area contributed by atoms with E-state index in [1.165, 1.54) is 23.1 Å². The summed E-state index contributed by atoms with van der Waals surface area (Å²) in [6.45, 7) is 5.78. The largest absolute Gasteiger partial charge is 0.456 e. The van der Waals surface area contributed by atoms with E-state index in [1.54, 1.807) is 69.3 Å². The molecule has 0 unspecified atom stereocenters. The van der Waals surface area contributed by atoms with Crippen molar-refractivity contribution >= 4 is 58.3 Å². The highest BCUT2D eigenvalue weighted by atomic mass is 35.5. The smallest absolute Gasteiger partial charge is 0.338 e. The van der Waals surface area contributed by atoms with Crippen LogP contribution in [-0.2, 0) is 30.3 Å². The number of anilines is 3. The molecule has 1 fully saturated rings. The molecule has 3 N–H and O–H groups in total. The summed E-state index contributed by atoms with van der Waals surface area (Å²) in [5.41, 5.74) is 1.44. The van der Waals surface area contributed by atoms with E-state index in [9.17, 15) is 24.0 Å². The molecule has 4 rings (SSSR count). The van der Waals surface area contributed by atoms with Crippen molar-refractivity contribution in [2.75, 3.05) is 22.1 Å². The van der Waals surface area contributed by atoms with Gasteiger partial charge in [-0.15, -0.1) is 0 Å². The van der Waals surface area contributed by atoms with Gasteiger partial charge in [0.2, 0.25) is 11.8 Å². The topological polar surface area (TPSA) is 134 Å². The molecule has 0 radical (unpaired) electrons. The van der Waals surface area contributed by atoms with E-state index in [4.69, 9.17) is 16.3 Å². The van der Waals surface area contributed by atoms with Crippen LogP contribution in [-0.4, -0.2) is 47.8 Å². The Morgan fingerprint density at radius 3 is 2.26 bits per heavy atom. The minimum atomic E-state index is -1.12. The van der Waals surface area contributed by atoms with Gasteiger partial charge in [-0.05, 0) is 75.2 Å². The lowest BCUT2D eigenvalue weighted by Crippen LogP contribution is -2.49. The van der Waals surface area contributed by atoms with Crippen LogP contribution in [0.4, 0.5) is 17.1 Å². The molecule has 43 heavy (non-hydrogen) atoms. The first-order valence-electron chi connectivity index (χ1n) is 13.8. The number of carbonyl (C=O) groups excluding carboxylic acids is 5. The molecule has 1 atom stereocenters. The van der Waals surface area contributed by atoms with Crippen molar-refractivity contribution in [3.63, 3.8) is 0 Å². The monoisotopic (exact) mass is 604 g/mol. The summed E-state index contributed by atoms with van der Waals surface area (Å²) in [6.07, 6.45) is 1.16. The molecule has 224 valence electrons. The van der Waals surface area contributed by atoms with Crippen molar-refractivity contribution in [2.24, 2.45) is 0 Å². The Morgan fingerprint density at radius 2 is 1.63 bits per heavy atom. The third-order valence-corrected chi connectivity index (χ3v) is 6.70. The van der Waals surface area contributed by atoms with Crippen LogP contribution in [0.5, 0.6) is 0 Å². The summed E-state index contributed by atoms with van der Waals surface area (Å²) in [5.74, 6) is -3.23. The Bertz CT molecular complexity index is 1520. The van der Waals surface area contributed by atoms with Crippen molar-refractivity contribution in [3.8, 4) is 0 Å². The van der Waals surface area contributed by atoms with Crippen molar-refractivity contribution < 1.29 is 28.7 Å². The number of hydrogen-bond acceptors (Lipinski definition) is 6. The molecule has 3 aromatic rings. The predicted molar refractivity (Wildman–Crippen MR) is 164 cm³/mol. The lowest BCUT2D eigenvalue weighted by atomic mass is 10.0. The second-order valence-electron chi connectivity index (χ2n) is 11.0. The van der Waals surface area contributed by atoms with E-state index >= 15 is 0 Å². The second-order valence-corrected chi connectivity index (χ2v) is 11.5. The quantitative estimate of drug-likeness (QED) is 0.251. The standard InChI is InChI=1S/C32H33ClN4O6/c1-32(2,3)43-31(42)21-11-14-23(15-12-21)34-28(39)25(18-20-8-5-4-6-9-20)36-30(41)29(40)35-24-19-22(33)13-16-26(24)37-17-7-10-27(37)38/h4-6,8-9,11-16,19,25H,7,10,17-18H2,1-3H3,(H,34,39)(H,35,40)(H,36,41)/t25-/m0/s1. The number of nitrogens with zero attached hydrogens (tertiary/aromatic N) is 1. The average molecular weight is 605 g/mol. The molecule has 1 aliphatic heterocycles. The number of ether oxygens (including phenoxy) is 1. The first-order valence-corrected chi connectivity index (χ1v) is 14.2. The zero-order valence-corrected chi connectivity index (χ0v) is 24.9. The van der Waals surface area contributed by atoms with E-state index < -0.39 is 35.3 Å². The van der Waals surface area contributed by atoms with Crippen LogP contribution < -0.4 is 20.9 Å². The highest BCUT2D eigenvalue weighted by molar-refractivity contribution is 6.40. The fraction of sp³-hybridized carbons (Fsp3) is 0.281. The molecule has 1 aliphatic rings. The van der Waals surface area contributed by atoms with Crippen molar-refractivity contribution in [2.45, 2.75) is 51.7 Å². The molecule has 11 heteroatoms. The Morgan fingerprint density at radius 1 is 0.930 bits per heavy atom. The Balaban J connectivity index is 1.48. The molecule has 1 saturated heterocycles. The SMILES string of the molecule is CC(C)(C)OC(=O)c1ccc(NC(=O)[C@H](Cc2ccccc2)NC(=O)C(=O)Nc2cc(Cl)ccc2N2CCCC2=O)cc1. The van der Waals surface area contributed by atoms with E-state index in [-0.39, 0.29) is 18.0 Å². The number of nitrogens with one attached hydrogen (secondary N) is 3. The fourth-order valence-electron chi connectivity index (χ4n) is 4.46. The van der Waals surface area contributed by atoms with Crippen LogP contribution in [0, 0.1) is 0 Å². The molecule has 1 heterocycles. The van der Waals surface area contributed by atoms with Crippen LogP contribution in [0.25, 0.3) is 0 Å². The molecule has 3 aromatic carbocycles. The minimum absolute atomic E-state index is 0.0963. The molecular formula is C32H33ClN4O6. The van der Waals surface area contributed by atoms with Gasteiger partial charge in [-0.1, -0.05) is 41.9 Å². The maximum absolute atomic E-state index is 13.3. The molecular weight excluding hydrogens is 572 g/mol. The van der Waals surface area contributed by atoms with Gasteiger partial charge in [0.25, 0.3) is 0 Å². The van der Waals surface area contributed by atoms with E-state index in [0.29, 0.717) is 41.3 Å². The molecule has 10 nitrogen and oxygen atoms in total. The molecule has 0 aromatic heterocycles. The fourth-order valence-corrected chi connectivity index (χ4v) is 4.64. The lowest BCUT2D eigenvalue weighted by Gasteiger charge is -2.21. The highest BCUT2D eigenvalue weighted by Crippen LogP contribution is 2.32. The summed E-state index contributed by atoms with van der Waals surface area (Å²) in [4.78, 5) is 65.6. The number of hydrogen-bond donors (Lipinski definition) is 3. The van der Waals surface area contributed by atoms with Gasteiger partial charge in [-0.2, -0.15) is 0 Å². The summed E-state index contributed by atoms with van der Waals surface area (Å²) in [6, 6.07) is 18.7. The molecule has 0 spiro atoms. The maximum Gasteiger partial charge on any atom is 0.338 e. The highest BCUT2D eigenvalue weighted by Gasteiger charge is 2.28. The van der Waals surface area contributed by atoms with Crippen molar-refractivity contribution in [1.82, 2.24) is 5.32 Å². The summed E-state index contributed by atoms with van der Waals surface area (Å²) in [7, 11) is 0. The Kier molecular flexibility index (Phi) is 9.82. The van der Waals surface area contributed by atoms with Gasteiger partial charge in [-0.25, -0.2) is 4.79 Å². The number of benzene rings is 3. The van der Waals surface area contributed by atoms with Crippen molar-refractivity contribution in [1.29, 1.82) is 0 Å². The molecule has 0 aliphatic carbocycles. The van der Waals surface area contributed by atoms with Gasteiger partial charge in [0.15, 0.2) is 0 Å². The minimum Gasteiger partial charge on any atom is -0.456 e. The van der Waals surface area contributed by atoms with Crippen LogP contribution in [0.3, 0.4) is 0 Å². The zero-order valence-electron chi connectivity index (χ0n) is 24.1. The van der Waals surface area contributed by atoms with Crippen molar-refractivity contribution in [3.05, 3.63) is 88.9 Å². The van der Waals surface area contributed by atoms with Gasteiger partial charge >= 0.3 is 17.8 Å². The average Bonchev–Trinajstić information content (AvgIpc) is 3.38. The number of esters is 1. The normalized spacial score (nSPS) is 13.7. The summed E-state index contributed by atoms with van der Waals surface area (Å²) >= 11 is 6.14. The second kappa shape index (κ2) is 13.5. The third-order valence-electron chi connectivity index (χ3n) is 6.47. The Hall–Kier alpha value is -4.70. The van der Waals surface area contributed by atoms with Gasteiger partial charge in [0.1, 0.15) is 11.6 Å². The van der Waals surface area contributed by atoms with Crippen LogP contribution in [0.1, 0.15) is 49.5 Å². The number of amides is 4. The molecule has 0 saturated carbocycles. The maximum atomic E-state index is 13.3. The van der Waals surface area contributed by atoms with Crippen LogP contribution in [0.2, 0.25) is 5.02 Å². The van der Waals surface area contributed by atoms with Gasteiger partial charge < -0.3 is 25.6 Å². The first-order chi connectivity index (χ1) is 20.4. The predicted octanol–water partition coefficient (Wildman–Crippen LogP) is 4.73. The Labute approximate surface area is 254 Å². The lowest BCUT2D eigenvalue weighted by molar-refractivity contribution is -0.137. The molecule has 0 bridgehead atoms. The van der Waals surface area contributed by atoms with Gasteiger partial charge in [-0.3, -0.25) is 19.2 Å². The third kappa shape index (κ3) is 8.65. The number of halogens is 1. The van der Waals surface area contributed by atoms with Gasteiger partial charge in [0, 0.05) is 30.1 Å². The zero-order chi connectivity index (χ0) is 31.1. The van der Waals surface area contributed by atoms with Gasteiger partial charge in [0.05, 0.1) is 16.9 Å². The van der Waals surface area contributed by atoms with E-state index in [0.717, 1.165) is 5.56 Å². The van der Waals surface area contributed by atoms with E-state index in [2.05, 4.69) is 16.0 Å². The summed E-state index contributed by atoms with van der Waals surface area (Å²) in [5, 5.41) is 8.10.